The molecule has 3 nitrogen and oxygen atoms in total. The maximum Gasteiger partial charge on any atom is 0.0517 e. The Balaban J connectivity index is 2.52. The molecule has 0 unspecified atom stereocenters. The highest BCUT2D eigenvalue weighted by Crippen LogP contribution is 2.27. The zero-order valence-electron chi connectivity index (χ0n) is 10.4. The van der Waals surface area contributed by atoms with Crippen LogP contribution in [0.25, 0.3) is 21.6 Å². The molecule has 0 atom stereocenters. The van der Waals surface area contributed by atoms with E-state index in [9.17, 15) is 0 Å². The van der Waals surface area contributed by atoms with Crippen molar-refractivity contribution in [2.45, 2.75) is 19.9 Å². The summed E-state index contributed by atoms with van der Waals surface area (Å²) in [6, 6.07) is 16.4. The second-order valence-corrected chi connectivity index (χ2v) is 4.06. The molecule has 0 saturated heterocycles. The van der Waals surface area contributed by atoms with E-state index >= 15 is 0 Å². The third-order valence-corrected chi connectivity index (χ3v) is 3.01. The minimum atomic E-state index is 0.394. The molecule has 0 aliphatic carbocycles. The smallest absolute Gasteiger partial charge is 0.0517 e. The second kappa shape index (κ2) is 5.89. The summed E-state index contributed by atoms with van der Waals surface area (Å²) in [7, 11) is 0. The minimum Gasteiger partial charge on any atom is -0.0893 e. The molecule has 0 N–H and O–H groups in total. The predicted molar refractivity (Wildman–Crippen MR) is 74.1 cm³/mol. The van der Waals surface area contributed by atoms with Crippen LogP contribution in [0.4, 0.5) is 0 Å². The molecule has 0 spiro atoms. The standard InChI is InChI=1S/C15H15N3/c1-2-12-7-3-5-9-14(12)15-10-6-4-8-13(15)11-17-18-16/h3-10H,2,11H2,1H3. The number of rotatable bonds is 4. The molecule has 2 aromatic carbocycles. The first-order chi connectivity index (χ1) is 8.86. The first kappa shape index (κ1) is 12.2. The third-order valence-electron chi connectivity index (χ3n) is 3.01. The van der Waals surface area contributed by atoms with Crippen LogP contribution in [0.2, 0.25) is 0 Å². The van der Waals surface area contributed by atoms with E-state index in [1.54, 1.807) is 0 Å². The Kier molecular flexibility index (Phi) is 4.00. The van der Waals surface area contributed by atoms with Crippen LogP contribution in [-0.4, -0.2) is 0 Å². The van der Waals surface area contributed by atoms with Gasteiger partial charge >= 0.3 is 0 Å². The number of aryl methyl sites for hydroxylation is 1. The molecule has 0 heterocycles. The van der Waals surface area contributed by atoms with Crippen molar-refractivity contribution in [1.29, 1.82) is 0 Å². The lowest BCUT2D eigenvalue weighted by atomic mass is 9.94. The summed E-state index contributed by atoms with van der Waals surface area (Å²) in [5.41, 5.74) is 13.2. The fourth-order valence-electron chi connectivity index (χ4n) is 2.12. The summed E-state index contributed by atoms with van der Waals surface area (Å²) in [6.07, 6.45) is 0.992. The van der Waals surface area contributed by atoms with Crippen LogP contribution in [0.15, 0.2) is 53.6 Å². The van der Waals surface area contributed by atoms with Crippen molar-refractivity contribution in [3.63, 3.8) is 0 Å². The Morgan fingerprint density at radius 2 is 1.50 bits per heavy atom. The lowest BCUT2D eigenvalue weighted by Gasteiger charge is -2.11. The Bertz CT molecular complexity index is 584. The van der Waals surface area contributed by atoms with Crippen molar-refractivity contribution in [3.05, 3.63) is 70.1 Å². The monoisotopic (exact) mass is 237 g/mol. The Morgan fingerprint density at radius 3 is 2.11 bits per heavy atom. The fourth-order valence-corrected chi connectivity index (χ4v) is 2.12. The highest BCUT2D eigenvalue weighted by molar-refractivity contribution is 5.70. The largest absolute Gasteiger partial charge is 0.0893 e. The molecular formula is C15H15N3. The van der Waals surface area contributed by atoms with Crippen LogP contribution >= 0.6 is 0 Å². The molecule has 0 radical (unpaired) electrons. The summed E-state index contributed by atoms with van der Waals surface area (Å²) in [4.78, 5) is 2.83. The molecule has 0 aliphatic heterocycles. The van der Waals surface area contributed by atoms with Gasteiger partial charge in [-0.2, -0.15) is 0 Å². The summed E-state index contributed by atoms with van der Waals surface area (Å²) in [6.45, 7) is 2.54. The SMILES string of the molecule is CCc1ccccc1-c1ccccc1CN=[N+]=[N-]. The summed E-state index contributed by atoms with van der Waals surface area (Å²) >= 11 is 0. The fraction of sp³-hybridized carbons (Fsp3) is 0.200. The summed E-state index contributed by atoms with van der Waals surface area (Å²) in [5, 5.41) is 3.66. The molecule has 0 saturated carbocycles. The number of hydrogen-bond acceptors (Lipinski definition) is 1. The number of hydrogen-bond donors (Lipinski definition) is 0. The highest BCUT2D eigenvalue weighted by Gasteiger charge is 2.06. The summed E-state index contributed by atoms with van der Waals surface area (Å²) in [5.74, 6) is 0. The van der Waals surface area contributed by atoms with Crippen LogP contribution in [0.3, 0.4) is 0 Å². The number of benzene rings is 2. The van der Waals surface area contributed by atoms with E-state index in [-0.39, 0.29) is 0 Å². The van der Waals surface area contributed by atoms with E-state index in [0.29, 0.717) is 6.54 Å². The van der Waals surface area contributed by atoms with Gasteiger partial charge in [0, 0.05) is 4.91 Å². The van der Waals surface area contributed by atoms with E-state index in [1.807, 2.05) is 24.3 Å². The predicted octanol–water partition coefficient (Wildman–Crippen LogP) is 4.73. The van der Waals surface area contributed by atoms with Gasteiger partial charge in [0.15, 0.2) is 0 Å². The normalized spacial score (nSPS) is 9.83. The quantitative estimate of drug-likeness (QED) is 0.419. The molecule has 0 amide bonds. The van der Waals surface area contributed by atoms with Gasteiger partial charge in [0.2, 0.25) is 0 Å². The van der Waals surface area contributed by atoms with Crippen LogP contribution in [0.1, 0.15) is 18.1 Å². The minimum absolute atomic E-state index is 0.394. The van der Waals surface area contributed by atoms with Crippen molar-refractivity contribution in [3.8, 4) is 11.1 Å². The maximum atomic E-state index is 8.45. The third kappa shape index (κ3) is 2.53. The van der Waals surface area contributed by atoms with E-state index in [0.717, 1.165) is 17.5 Å². The first-order valence-corrected chi connectivity index (χ1v) is 6.04. The van der Waals surface area contributed by atoms with Gasteiger partial charge < -0.3 is 0 Å². The Labute approximate surface area is 107 Å². The maximum absolute atomic E-state index is 8.45. The Morgan fingerprint density at radius 1 is 0.944 bits per heavy atom. The molecular weight excluding hydrogens is 222 g/mol. The van der Waals surface area contributed by atoms with E-state index in [2.05, 4.69) is 41.2 Å². The zero-order chi connectivity index (χ0) is 12.8. The zero-order valence-corrected chi connectivity index (χ0v) is 10.4. The number of nitrogens with zero attached hydrogens (tertiary/aromatic N) is 3. The van der Waals surface area contributed by atoms with Crippen molar-refractivity contribution >= 4 is 0 Å². The molecule has 2 rings (SSSR count). The van der Waals surface area contributed by atoms with Crippen LogP contribution in [0.5, 0.6) is 0 Å². The van der Waals surface area contributed by atoms with Crippen molar-refractivity contribution in [2.75, 3.05) is 0 Å². The van der Waals surface area contributed by atoms with E-state index < -0.39 is 0 Å². The highest BCUT2D eigenvalue weighted by atomic mass is 15.1. The Hall–Kier alpha value is -2.25. The van der Waals surface area contributed by atoms with Gasteiger partial charge in [0.1, 0.15) is 0 Å². The topological polar surface area (TPSA) is 48.8 Å². The average Bonchev–Trinajstić information content (AvgIpc) is 2.45. The molecule has 0 bridgehead atoms. The van der Waals surface area contributed by atoms with Crippen LogP contribution in [-0.2, 0) is 13.0 Å². The van der Waals surface area contributed by atoms with Crippen LogP contribution in [0, 0.1) is 0 Å². The van der Waals surface area contributed by atoms with Gasteiger partial charge in [0.05, 0.1) is 6.54 Å². The second-order valence-electron chi connectivity index (χ2n) is 4.06. The van der Waals surface area contributed by atoms with E-state index in [4.69, 9.17) is 5.53 Å². The van der Waals surface area contributed by atoms with Gasteiger partial charge in [-0.1, -0.05) is 60.6 Å². The molecule has 0 aliphatic rings. The molecule has 2 aromatic rings. The van der Waals surface area contributed by atoms with Crippen molar-refractivity contribution in [2.24, 2.45) is 5.11 Å². The first-order valence-electron chi connectivity index (χ1n) is 6.04. The molecule has 18 heavy (non-hydrogen) atoms. The van der Waals surface area contributed by atoms with Crippen molar-refractivity contribution in [1.82, 2.24) is 0 Å². The van der Waals surface area contributed by atoms with Gasteiger partial charge in [0.25, 0.3) is 0 Å². The molecule has 0 fully saturated rings. The molecule has 90 valence electrons. The van der Waals surface area contributed by atoms with Gasteiger partial charge in [-0.3, -0.25) is 0 Å². The van der Waals surface area contributed by atoms with Gasteiger partial charge in [-0.15, -0.1) is 0 Å². The van der Waals surface area contributed by atoms with Gasteiger partial charge in [-0.25, -0.2) is 0 Å². The lowest BCUT2D eigenvalue weighted by Crippen LogP contribution is -1.92. The van der Waals surface area contributed by atoms with Crippen LogP contribution < -0.4 is 0 Å². The average molecular weight is 237 g/mol. The molecule has 3 heteroatoms. The van der Waals surface area contributed by atoms with E-state index in [1.165, 1.54) is 11.1 Å². The van der Waals surface area contributed by atoms with Crippen molar-refractivity contribution < 1.29 is 0 Å². The summed E-state index contributed by atoms with van der Waals surface area (Å²) < 4.78 is 0. The van der Waals surface area contributed by atoms with Gasteiger partial charge in [-0.05, 0) is 34.2 Å². The lowest BCUT2D eigenvalue weighted by molar-refractivity contribution is 1.05. The molecule has 0 aromatic heterocycles. The number of azide groups is 1.